The van der Waals surface area contributed by atoms with Crippen LogP contribution < -0.4 is 0 Å². The number of hydrogen-bond acceptors (Lipinski definition) is 7. The van der Waals surface area contributed by atoms with Gasteiger partial charge in [-0.1, -0.05) is 17.3 Å². The summed E-state index contributed by atoms with van der Waals surface area (Å²) in [6.45, 7) is 0. The molecule has 0 spiro atoms. The molecular weight excluding hydrogens is 282 g/mol. The fourth-order valence-corrected chi connectivity index (χ4v) is 3.32. The second kappa shape index (κ2) is 5.22. The third-order valence-electron chi connectivity index (χ3n) is 3.15. The molecule has 1 aromatic carbocycles. The van der Waals surface area contributed by atoms with Gasteiger partial charge >= 0.3 is 0 Å². The largest absolute Gasteiger partial charge is 0.391 e. The van der Waals surface area contributed by atoms with Crippen LogP contribution in [0.4, 0.5) is 5.69 Å². The molecule has 2 heterocycles. The molecule has 1 aliphatic rings. The van der Waals surface area contributed by atoms with E-state index in [1.54, 1.807) is 30.0 Å². The minimum absolute atomic E-state index is 0.0683. The SMILES string of the molecule is O=[N+]([O-])c1ccccc1-c1noc(C2CSCC2O)n1. The highest BCUT2D eigenvalue weighted by atomic mass is 32.2. The Kier molecular flexibility index (Phi) is 3.41. The Morgan fingerprint density at radius 1 is 1.40 bits per heavy atom. The average Bonchev–Trinajstić information content (AvgIpc) is 3.07. The molecule has 104 valence electrons. The predicted molar refractivity (Wildman–Crippen MR) is 72.5 cm³/mol. The first kappa shape index (κ1) is 13.1. The van der Waals surface area contributed by atoms with Gasteiger partial charge in [0.15, 0.2) is 0 Å². The second-order valence-corrected chi connectivity index (χ2v) is 5.52. The van der Waals surface area contributed by atoms with Gasteiger partial charge in [-0.2, -0.15) is 16.7 Å². The fourth-order valence-electron chi connectivity index (χ4n) is 2.10. The number of thioether (sulfide) groups is 1. The Bertz CT molecular complexity index is 645. The normalized spacial score (nSPS) is 22.1. The number of aromatic nitrogens is 2. The van der Waals surface area contributed by atoms with E-state index in [1.807, 2.05) is 0 Å². The van der Waals surface area contributed by atoms with Gasteiger partial charge in [0, 0.05) is 17.6 Å². The van der Waals surface area contributed by atoms with Crippen molar-refractivity contribution < 1.29 is 14.6 Å². The van der Waals surface area contributed by atoms with E-state index in [2.05, 4.69) is 10.1 Å². The number of nitro benzene ring substituents is 1. The van der Waals surface area contributed by atoms with Gasteiger partial charge in [-0.05, 0) is 6.07 Å². The van der Waals surface area contributed by atoms with Crippen LogP contribution in [0.3, 0.4) is 0 Å². The monoisotopic (exact) mass is 293 g/mol. The molecule has 1 saturated heterocycles. The van der Waals surface area contributed by atoms with Crippen molar-refractivity contribution in [2.45, 2.75) is 12.0 Å². The summed E-state index contributed by atoms with van der Waals surface area (Å²) in [6, 6.07) is 6.23. The summed E-state index contributed by atoms with van der Waals surface area (Å²) in [5.74, 6) is 1.64. The van der Waals surface area contributed by atoms with Gasteiger partial charge in [0.1, 0.15) is 5.56 Å². The zero-order chi connectivity index (χ0) is 14.1. The van der Waals surface area contributed by atoms with Crippen LogP contribution in [0.25, 0.3) is 11.4 Å². The molecule has 20 heavy (non-hydrogen) atoms. The minimum atomic E-state index is -0.515. The smallest absolute Gasteiger partial charge is 0.280 e. The van der Waals surface area contributed by atoms with Crippen molar-refractivity contribution in [1.82, 2.24) is 10.1 Å². The first-order valence-corrected chi connectivity index (χ1v) is 7.15. The molecule has 0 bridgehead atoms. The quantitative estimate of drug-likeness (QED) is 0.680. The van der Waals surface area contributed by atoms with E-state index in [1.165, 1.54) is 6.07 Å². The topological polar surface area (TPSA) is 102 Å². The van der Waals surface area contributed by atoms with Crippen LogP contribution in [-0.4, -0.2) is 37.8 Å². The lowest BCUT2D eigenvalue weighted by Gasteiger charge is -2.06. The first-order valence-electron chi connectivity index (χ1n) is 6.00. The Hall–Kier alpha value is -1.93. The zero-order valence-electron chi connectivity index (χ0n) is 10.3. The Balaban J connectivity index is 1.96. The van der Waals surface area contributed by atoms with Crippen molar-refractivity contribution in [3.8, 4) is 11.4 Å². The van der Waals surface area contributed by atoms with Gasteiger partial charge in [0.2, 0.25) is 11.7 Å². The molecule has 1 aromatic heterocycles. The third-order valence-corrected chi connectivity index (χ3v) is 4.32. The van der Waals surface area contributed by atoms with E-state index in [9.17, 15) is 15.2 Å². The third kappa shape index (κ3) is 2.27. The molecule has 2 atom stereocenters. The number of nitro groups is 1. The summed E-state index contributed by atoms with van der Waals surface area (Å²) in [4.78, 5) is 14.7. The van der Waals surface area contributed by atoms with Crippen molar-refractivity contribution in [1.29, 1.82) is 0 Å². The molecule has 0 amide bonds. The van der Waals surface area contributed by atoms with E-state index in [-0.39, 0.29) is 17.4 Å². The molecule has 1 N–H and O–H groups in total. The highest BCUT2D eigenvalue weighted by molar-refractivity contribution is 7.99. The number of nitrogens with zero attached hydrogens (tertiary/aromatic N) is 3. The fraction of sp³-hybridized carbons (Fsp3) is 0.333. The van der Waals surface area contributed by atoms with Crippen molar-refractivity contribution in [2.24, 2.45) is 0 Å². The number of para-hydroxylation sites is 1. The molecule has 8 heteroatoms. The maximum atomic E-state index is 11.0. The van der Waals surface area contributed by atoms with E-state index < -0.39 is 11.0 Å². The van der Waals surface area contributed by atoms with Gasteiger partial charge in [-0.3, -0.25) is 10.1 Å². The van der Waals surface area contributed by atoms with E-state index in [0.29, 0.717) is 23.0 Å². The van der Waals surface area contributed by atoms with Crippen LogP contribution in [0.5, 0.6) is 0 Å². The van der Waals surface area contributed by atoms with E-state index in [0.717, 1.165) is 0 Å². The highest BCUT2D eigenvalue weighted by Crippen LogP contribution is 2.34. The molecule has 7 nitrogen and oxygen atoms in total. The van der Waals surface area contributed by atoms with Crippen LogP contribution in [0.15, 0.2) is 28.8 Å². The molecule has 2 unspecified atom stereocenters. The number of aliphatic hydroxyl groups excluding tert-OH is 1. The summed E-state index contributed by atoms with van der Waals surface area (Å²) in [5, 5.41) is 24.6. The van der Waals surface area contributed by atoms with Gasteiger partial charge in [-0.15, -0.1) is 0 Å². The van der Waals surface area contributed by atoms with Gasteiger partial charge < -0.3 is 9.63 Å². The minimum Gasteiger partial charge on any atom is -0.391 e. The molecular formula is C12H11N3O4S. The number of aliphatic hydroxyl groups is 1. The average molecular weight is 293 g/mol. The van der Waals surface area contributed by atoms with Crippen LogP contribution in [-0.2, 0) is 0 Å². The number of rotatable bonds is 3. The lowest BCUT2D eigenvalue weighted by molar-refractivity contribution is -0.384. The summed E-state index contributed by atoms with van der Waals surface area (Å²) in [7, 11) is 0. The van der Waals surface area contributed by atoms with Gasteiger partial charge in [-0.25, -0.2) is 0 Å². The van der Waals surface area contributed by atoms with Crippen molar-refractivity contribution in [3.63, 3.8) is 0 Å². The maximum Gasteiger partial charge on any atom is 0.280 e. The van der Waals surface area contributed by atoms with Crippen LogP contribution in [0.2, 0.25) is 0 Å². The molecule has 0 aliphatic carbocycles. The van der Waals surface area contributed by atoms with Crippen LogP contribution >= 0.6 is 11.8 Å². The molecule has 1 aliphatic heterocycles. The van der Waals surface area contributed by atoms with Crippen molar-refractivity contribution in [2.75, 3.05) is 11.5 Å². The molecule has 3 rings (SSSR count). The van der Waals surface area contributed by atoms with Crippen LogP contribution in [0.1, 0.15) is 11.8 Å². The predicted octanol–water partition coefficient (Wildman–Crippen LogP) is 1.84. The molecule has 2 aromatic rings. The Morgan fingerprint density at radius 3 is 2.90 bits per heavy atom. The summed E-state index contributed by atoms with van der Waals surface area (Å²) in [6.07, 6.45) is -0.515. The van der Waals surface area contributed by atoms with Crippen molar-refractivity contribution in [3.05, 3.63) is 40.3 Å². The summed E-state index contributed by atoms with van der Waals surface area (Å²) >= 11 is 1.61. The van der Waals surface area contributed by atoms with E-state index >= 15 is 0 Å². The highest BCUT2D eigenvalue weighted by Gasteiger charge is 2.32. The van der Waals surface area contributed by atoms with Crippen molar-refractivity contribution >= 4 is 17.4 Å². The summed E-state index contributed by atoms with van der Waals surface area (Å²) in [5.41, 5.74) is 0.244. The number of hydrogen-bond donors (Lipinski definition) is 1. The lowest BCUT2D eigenvalue weighted by atomic mass is 10.1. The number of benzene rings is 1. The van der Waals surface area contributed by atoms with Crippen LogP contribution in [0, 0.1) is 10.1 Å². The maximum absolute atomic E-state index is 11.0. The molecule has 0 radical (unpaired) electrons. The Morgan fingerprint density at radius 2 is 2.20 bits per heavy atom. The zero-order valence-corrected chi connectivity index (χ0v) is 11.1. The molecule has 0 saturated carbocycles. The van der Waals surface area contributed by atoms with Gasteiger partial charge in [0.05, 0.1) is 16.9 Å². The summed E-state index contributed by atoms with van der Waals surface area (Å²) < 4.78 is 5.15. The lowest BCUT2D eigenvalue weighted by Crippen LogP contribution is -2.15. The second-order valence-electron chi connectivity index (χ2n) is 4.44. The first-order chi connectivity index (χ1) is 9.66. The molecule has 1 fully saturated rings. The Labute approximate surface area is 118 Å². The van der Waals surface area contributed by atoms with E-state index in [4.69, 9.17) is 4.52 Å². The van der Waals surface area contributed by atoms with Gasteiger partial charge in [0.25, 0.3) is 5.69 Å². The standard InChI is InChI=1S/C12H11N3O4S/c16-10-6-20-5-8(10)12-13-11(14-19-12)7-3-1-2-4-9(7)15(17)18/h1-4,8,10,16H,5-6H2.